The van der Waals surface area contributed by atoms with Crippen LogP contribution in [0, 0.1) is 6.92 Å². The molecule has 0 unspecified atom stereocenters. The lowest BCUT2D eigenvalue weighted by molar-refractivity contribution is -0.143. The van der Waals surface area contributed by atoms with E-state index >= 15 is 0 Å². The standard InChI is InChI=1S/C17H18F3N3O3/c1-3-8-22(10-14(24)25)16(26)12-9-21-23(15(12)17(18,19)20)13-7-5-4-6-11(13)2/h4-7,9H,3,8,10H2,1-2H3,(H,24,25). The van der Waals surface area contributed by atoms with E-state index in [1.807, 2.05) is 0 Å². The second kappa shape index (κ2) is 7.59. The van der Waals surface area contributed by atoms with E-state index in [0.717, 1.165) is 11.1 Å². The van der Waals surface area contributed by atoms with Crippen molar-refractivity contribution in [3.8, 4) is 5.69 Å². The van der Waals surface area contributed by atoms with Crippen molar-refractivity contribution in [2.24, 2.45) is 0 Å². The van der Waals surface area contributed by atoms with Gasteiger partial charge in [0.25, 0.3) is 5.91 Å². The molecule has 1 heterocycles. The number of halogens is 3. The van der Waals surface area contributed by atoms with Gasteiger partial charge >= 0.3 is 12.1 Å². The van der Waals surface area contributed by atoms with Gasteiger partial charge in [0.2, 0.25) is 0 Å². The largest absolute Gasteiger partial charge is 0.480 e. The summed E-state index contributed by atoms with van der Waals surface area (Å²) in [5.74, 6) is -2.31. The molecule has 1 aromatic carbocycles. The Morgan fingerprint density at radius 2 is 1.92 bits per heavy atom. The van der Waals surface area contributed by atoms with Crippen LogP contribution in [0.15, 0.2) is 30.5 Å². The molecule has 0 bridgehead atoms. The summed E-state index contributed by atoms with van der Waals surface area (Å²) in [7, 11) is 0. The number of nitrogens with zero attached hydrogens (tertiary/aromatic N) is 3. The van der Waals surface area contributed by atoms with Crippen molar-refractivity contribution in [1.82, 2.24) is 14.7 Å². The van der Waals surface area contributed by atoms with Crippen LogP contribution in [0.1, 0.15) is 35.0 Å². The number of hydrogen-bond acceptors (Lipinski definition) is 3. The van der Waals surface area contributed by atoms with Gasteiger partial charge in [-0.1, -0.05) is 25.1 Å². The number of hydrogen-bond donors (Lipinski definition) is 1. The van der Waals surface area contributed by atoms with Crippen LogP contribution in [-0.4, -0.2) is 44.8 Å². The summed E-state index contributed by atoms with van der Waals surface area (Å²) in [5.41, 5.74) is -1.14. The van der Waals surface area contributed by atoms with Crippen LogP contribution < -0.4 is 0 Å². The lowest BCUT2D eigenvalue weighted by Crippen LogP contribution is -2.37. The quantitative estimate of drug-likeness (QED) is 0.849. The SMILES string of the molecule is CCCN(CC(=O)O)C(=O)c1cnn(-c2ccccc2C)c1C(F)(F)F. The zero-order valence-electron chi connectivity index (χ0n) is 14.2. The van der Waals surface area contributed by atoms with Gasteiger partial charge in [-0.15, -0.1) is 0 Å². The lowest BCUT2D eigenvalue weighted by atomic mass is 10.1. The molecule has 0 atom stereocenters. The van der Waals surface area contributed by atoms with E-state index in [1.54, 1.807) is 32.0 Å². The fourth-order valence-corrected chi connectivity index (χ4v) is 2.62. The van der Waals surface area contributed by atoms with Crippen LogP contribution in [0.25, 0.3) is 5.69 Å². The molecule has 0 fully saturated rings. The Hall–Kier alpha value is -2.84. The van der Waals surface area contributed by atoms with Crippen molar-refractivity contribution in [2.45, 2.75) is 26.4 Å². The molecule has 1 amide bonds. The van der Waals surface area contributed by atoms with Crippen LogP contribution in [0.5, 0.6) is 0 Å². The van der Waals surface area contributed by atoms with Crippen LogP contribution >= 0.6 is 0 Å². The summed E-state index contributed by atoms with van der Waals surface area (Å²) in [6.07, 6.45) is -3.60. The number of rotatable bonds is 6. The van der Waals surface area contributed by atoms with Gasteiger partial charge in [0, 0.05) is 6.54 Å². The number of aliphatic carboxylic acids is 1. The minimum Gasteiger partial charge on any atom is -0.480 e. The fraction of sp³-hybridized carbons (Fsp3) is 0.353. The third kappa shape index (κ3) is 4.04. The predicted octanol–water partition coefficient (Wildman–Crippen LogP) is 3.14. The van der Waals surface area contributed by atoms with Crippen molar-refractivity contribution in [1.29, 1.82) is 0 Å². The first-order valence-electron chi connectivity index (χ1n) is 7.89. The Kier molecular flexibility index (Phi) is 5.69. The number of aryl methyl sites for hydroxylation is 1. The summed E-state index contributed by atoms with van der Waals surface area (Å²) >= 11 is 0. The monoisotopic (exact) mass is 369 g/mol. The molecule has 2 rings (SSSR count). The summed E-state index contributed by atoms with van der Waals surface area (Å²) in [6.45, 7) is 2.67. The zero-order valence-corrected chi connectivity index (χ0v) is 14.2. The van der Waals surface area contributed by atoms with Crippen molar-refractivity contribution < 1.29 is 27.9 Å². The molecule has 0 aliphatic heterocycles. The number of benzene rings is 1. The molecular weight excluding hydrogens is 351 g/mol. The molecule has 0 spiro atoms. The molecule has 6 nitrogen and oxygen atoms in total. The highest BCUT2D eigenvalue weighted by molar-refractivity contribution is 5.97. The lowest BCUT2D eigenvalue weighted by Gasteiger charge is -2.21. The van der Waals surface area contributed by atoms with Gasteiger partial charge in [-0.25, -0.2) is 4.68 Å². The van der Waals surface area contributed by atoms with Crippen molar-refractivity contribution >= 4 is 11.9 Å². The van der Waals surface area contributed by atoms with Gasteiger partial charge in [0.15, 0.2) is 5.69 Å². The summed E-state index contributed by atoms with van der Waals surface area (Å²) in [4.78, 5) is 24.4. The van der Waals surface area contributed by atoms with Crippen LogP contribution in [-0.2, 0) is 11.0 Å². The highest BCUT2D eigenvalue weighted by atomic mass is 19.4. The Morgan fingerprint density at radius 1 is 1.27 bits per heavy atom. The molecule has 1 aromatic heterocycles. The van der Waals surface area contributed by atoms with E-state index < -0.39 is 35.9 Å². The maximum Gasteiger partial charge on any atom is 0.434 e. The number of carbonyl (C=O) groups excluding carboxylic acids is 1. The summed E-state index contributed by atoms with van der Waals surface area (Å²) in [6, 6.07) is 6.34. The average molecular weight is 369 g/mol. The maximum atomic E-state index is 13.7. The van der Waals surface area contributed by atoms with E-state index in [0.29, 0.717) is 16.7 Å². The minimum absolute atomic E-state index is 0.0258. The number of carboxylic acids is 1. The second-order valence-electron chi connectivity index (χ2n) is 5.72. The highest BCUT2D eigenvalue weighted by Crippen LogP contribution is 2.34. The Morgan fingerprint density at radius 3 is 2.46 bits per heavy atom. The van der Waals surface area contributed by atoms with Gasteiger partial charge in [-0.3, -0.25) is 9.59 Å². The molecule has 0 aliphatic carbocycles. The smallest absolute Gasteiger partial charge is 0.434 e. The highest BCUT2D eigenvalue weighted by Gasteiger charge is 2.41. The molecule has 0 saturated carbocycles. The van der Waals surface area contributed by atoms with E-state index in [1.165, 1.54) is 6.07 Å². The Balaban J connectivity index is 2.58. The number of alkyl halides is 3. The topological polar surface area (TPSA) is 75.4 Å². The van der Waals surface area contributed by atoms with Crippen molar-refractivity contribution in [3.05, 3.63) is 47.3 Å². The van der Waals surface area contributed by atoms with Gasteiger partial charge in [0.1, 0.15) is 6.54 Å². The van der Waals surface area contributed by atoms with Crippen LogP contribution in [0.4, 0.5) is 13.2 Å². The van der Waals surface area contributed by atoms with E-state index in [9.17, 15) is 22.8 Å². The number of carbonyl (C=O) groups is 2. The number of carboxylic acid groups (broad SMARTS) is 1. The molecular formula is C17H18F3N3O3. The van der Waals surface area contributed by atoms with Gasteiger partial charge in [-0.2, -0.15) is 18.3 Å². The first kappa shape index (κ1) is 19.5. The molecule has 0 aliphatic rings. The van der Waals surface area contributed by atoms with E-state index in [2.05, 4.69) is 5.10 Å². The van der Waals surface area contributed by atoms with Crippen molar-refractivity contribution in [3.63, 3.8) is 0 Å². The molecule has 26 heavy (non-hydrogen) atoms. The predicted molar refractivity (Wildman–Crippen MR) is 87.1 cm³/mol. The summed E-state index contributed by atoms with van der Waals surface area (Å²) in [5, 5.41) is 12.7. The third-order valence-electron chi connectivity index (χ3n) is 3.72. The van der Waals surface area contributed by atoms with Crippen LogP contribution in [0.2, 0.25) is 0 Å². The Bertz CT molecular complexity index is 815. The van der Waals surface area contributed by atoms with Crippen LogP contribution in [0.3, 0.4) is 0 Å². The first-order valence-corrected chi connectivity index (χ1v) is 7.89. The van der Waals surface area contributed by atoms with Gasteiger partial charge in [0.05, 0.1) is 17.4 Å². The number of aromatic nitrogens is 2. The molecule has 0 radical (unpaired) electrons. The normalized spacial score (nSPS) is 11.4. The molecule has 9 heteroatoms. The minimum atomic E-state index is -4.84. The first-order chi connectivity index (χ1) is 12.2. The van der Waals surface area contributed by atoms with E-state index in [4.69, 9.17) is 5.11 Å². The number of amides is 1. The summed E-state index contributed by atoms with van der Waals surface area (Å²) < 4.78 is 41.7. The fourth-order valence-electron chi connectivity index (χ4n) is 2.62. The number of para-hydroxylation sites is 1. The average Bonchev–Trinajstić information content (AvgIpc) is 2.99. The molecule has 0 saturated heterocycles. The molecule has 140 valence electrons. The molecule has 1 N–H and O–H groups in total. The molecule has 2 aromatic rings. The van der Waals surface area contributed by atoms with Gasteiger partial charge < -0.3 is 10.0 Å². The van der Waals surface area contributed by atoms with Gasteiger partial charge in [-0.05, 0) is 25.0 Å². The zero-order chi connectivity index (χ0) is 19.5. The van der Waals surface area contributed by atoms with Crippen molar-refractivity contribution in [2.75, 3.05) is 13.1 Å². The Labute approximate surface area is 147 Å². The maximum absolute atomic E-state index is 13.7. The third-order valence-corrected chi connectivity index (χ3v) is 3.72. The van der Waals surface area contributed by atoms with E-state index in [-0.39, 0.29) is 12.2 Å². The second-order valence-corrected chi connectivity index (χ2v) is 5.72.